The summed E-state index contributed by atoms with van der Waals surface area (Å²) in [6.45, 7) is 6.59. The van der Waals surface area contributed by atoms with Gasteiger partial charge in [-0.3, -0.25) is 9.36 Å². The summed E-state index contributed by atoms with van der Waals surface area (Å²) in [5, 5.41) is 2.55. The molecule has 0 bridgehead atoms. The van der Waals surface area contributed by atoms with E-state index in [-0.39, 0.29) is 12.4 Å². The predicted molar refractivity (Wildman–Crippen MR) is 124 cm³/mol. The van der Waals surface area contributed by atoms with Gasteiger partial charge in [-0.05, 0) is 39.8 Å². The van der Waals surface area contributed by atoms with Crippen LogP contribution in [0.5, 0.6) is 5.75 Å². The van der Waals surface area contributed by atoms with Gasteiger partial charge in [0.15, 0.2) is 11.5 Å². The maximum atomic E-state index is 13.9. The largest absolute Gasteiger partial charge is 0.462 e. The van der Waals surface area contributed by atoms with Crippen LogP contribution in [0.15, 0.2) is 42.9 Å². The first-order valence-corrected chi connectivity index (χ1v) is 11.9. The van der Waals surface area contributed by atoms with Gasteiger partial charge in [0.1, 0.15) is 30.0 Å². The third-order valence-corrected chi connectivity index (χ3v) is 5.97. The monoisotopic (exact) mass is 481 g/mol. The lowest BCUT2D eigenvalue weighted by molar-refractivity contribution is -0.149. The van der Waals surface area contributed by atoms with Crippen LogP contribution in [-0.2, 0) is 25.4 Å². The number of nitrogens with two attached hydrogens (primary N) is 1. The van der Waals surface area contributed by atoms with Crippen LogP contribution < -0.4 is 15.3 Å². The molecular weight excluding hydrogens is 447 g/mol. The van der Waals surface area contributed by atoms with E-state index in [0.29, 0.717) is 11.2 Å². The Hall–Kier alpha value is -3.01. The zero-order valence-electron chi connectivity index (χ0n) is 23.7. The molecule has 178 valence electrons. The van der Waals surface area contributed by atoms with E-state index in [1.807, 2.05) is 0 Å². The quantitative estimate of drug-likeness (QED) is 0.310. The lowest BCUT2D eigenvalue weighted by atomic mass is 10.3. The van der Waals surface area contributed by atoms with Gasteiger partial charge < -0.3 is 24.3 Å². The van der Waals surface area contributed by atoms with Gasteiger partial charge in [0, 0.05) is 0 Å². The number of fused-ring (bicyclic) bond motifs is 1. The van der Waals surface area contributed by atoms with Gasteiger partial charge >= 0.3 is 13.5 Å². The second-order valence-corrected chi connectivity index (χ2v) is 9.54. The van der Waals surface area contributed by atoms with E-state index in [4.69, 9.17) is 26.6 Å². The second kappa shape index (κ2) is 10.7. The summed E-state index contributed by atoms with van der Waals surface area (Å²) < 4.78 is 71.7. The Morgan fingerprint density at radius 3 is 2.64 bits per heavy atom. The number of imidazole rings is 1. The molecule has 3 aromatic rings. The number of nitrogens with zero attached hydrogens (tertiary/aromatic N) is 4. The van der Waals surface area contributed by atoms with Gasteiger partial charge in [-0.15, -0.1) is 0 Å². The Labute approximate surface area is 199 Å². The van der Waals surface area contributed by atoms with Gasteiger partial charge in [0.2, 0.25) is 0 Å². The number of nitrogen functional groups attached to an aromatic ring is 1. The number of rotatable bonds is 11. The van der Waals surface area contributed by atoms with Crippen molar-refractivity contribution in [2.45, 2.75) is 52.5 Å². The molecule has 3 N–H and O–H groups in total. The summed E-state index contributed by atoms with van der Waals surface area (Å²) in [7, 11) is -4.21. The number of para-hydroxylation sites is 1. The van der Waals surface area contributed by atoms with Crippen LogP contribution in [-0.4, -0.2) is 50.1 Å². The topological polar surface area (TPSA) is 143 Å². The Morgan fingerprint density at radius 1 is 1.21 bits per heavy atom. The van der Waals surface area contributed by atoms with Crippen LogP contribution in [0.3, 0.4) is 0 Å². The second-order valence-electron chi connectivity index (χ2n) is 7.49. The molecule has 0 spiro atoms. The average Bonchev–Trinajstić information content (AvgIpc) is 3.26. The van der Waals surface area contributed by atoms with Crippen molar-refractivity contribution in [2.75, 3.05) is 12.1 Å². The van der Waals surface area contributed by atoms with E-state index in [0.717, 1.165) is 0 Å². The molecule has 0 aliphatic rings. The van der Waals surface area contributed by atoms with Gasteiger partial charge in [-0.25, -0.2) is 20.0 Å². The van der Waals surface area contributed by atoms with Gasteiger partial charge in [0.05, 0.1) is 31.9 Å². The van der Waals surface area contributed by atoms with Crippen LogP contribution in [0.1, 0.15) is 34.5 Å². The van der Waals surface area contributed by atoms with Crippen LogP contribution in [0.25, 0.3) is 11.2 Å². The Balaban J connectivity index is 1.85. The van der Waals surface area contributed by atoms with Crippen molar-refractivity contribution in [3.05, 3.63) is 42.9 Å². The van der Waals surface area contributed by atoms with Crippen LogP contribution in [0.4, 0.5) is 5.82 Å². The SMILES string of the molecule is [2H]c1c([2H])c([2H])c(OP(=O)(CO[C@H](C)Cn2cnc3c(N)ncnc32)N[C@@H](C)C(=O)OC(C)C)c([2H])c1[2H]. The molecule has 11 nitrogen and oxygen atoms in total. The summed E-state index contributed by atoms with van der Waals surface area (Å²) in [4.78, 5) is 24.6. The summed E-state index contributed by atoms with van der Waals surface area (Å²) >= 11 is 0. The Bertz CT molecular complexity index is 1360. The molecule has 3 atom stereocenters. The molecule has 2 aromatic heterocycles. The maximum absolute atomic E-state index is 13.9. The van der Waals surface area contributed by atoms with Gasteiger partial charge in [-0.2, -0.15) is 0 Å². The zero-order valence-corrected chi connectivity index (χ0v) is 19.6. The third kappa shape index (κ3) is 6.74. The molecule has 1 aromatic carbocycles. The molecule has 0 radical (unpaired) electrons. The van der Waals surface area contributed by atoms with E-state index in [1.165, 1.54) is 19.6 Å². The number of carbonyl (C=O) groups excluding carboxylic acids is 1. The first-order valence-electron chi connectivity index (χ1n) is 12.6. The normalized spacial score (nSPS) is 17.3. The molecule has 0 saturated carbocycles. The summed E-state index contributed by atoms with van der Waals surface area (Å²) in [5.41, 5.74) is 6.70. The van der Waals surface area contributed by atoms with Crippen molar-refractivity contribution in [3.8, 4) is 5.75 Å². The fourth-order valence-electron chi connectivity index (χ4n) is 2.79. The molecular formula is C21H29N6O5P. The number of anilines is 1. The Kier molecular flexibility index (Phi) is 5.99. The summed E-state index contributed by atoms with van der Waals surface area (Å²) in [6, 6.07) is -4.48. The van der Waals surface area contributed by atoms with Crippen molar-refractivity contribution in [2.24, 2.45) is 0 Å². The molecule has 33 heavy (non-hydrogen) atoms. The number of benzene rings is 1. The van der Waals surface area contributed by atoms with E-state index in [9.17, 15) is 9.36 Å². The van der Waals surface area contributed by atoms with Crippen molar-refractivity contribution in [3.63, 3.8) is 0 Å². The number of ether oxygens (including phenoxy) is 2. The molecule has 0 fully saturated rings. The molecule has 0 aliphatic heterocycles. The average molecular weight is 482 g/mol. The molecule has 0 amide bonds. The van der Waals surface area contributed by atoms with Crippen molar-refractivity contribution in [1.82, 2.24) is 24.6 Å². The van der Waals surface area contributed by atoms with Crippen LogP contribution >= 0.6 is 7.52 Å². The lowest BCUT2D eigenvalue weighted by Gasteiger charge is -2.25. The van der Waals surface area contributed by atoms with Crippen LogP contribution in [0.2, 0.25) is 0 Å². The smallest absolute Gasteiger partial charge is 0.342 e. The highest BCUT2D eigenvalue weighted by molar-refractivity contribution is 7.57. The summed E-state index contributed by atoms with van der Waals surface area (Å²) in [6.07, 6.45) is 1.15. The lowest BCUT2D eigenvalue weighted by Crippen LogP contribution is -2.37. The van der Waals surface area contributed by atoms with E-state index >= 15 is 0 Å². The van der Waals surface area contributed by atoms with Gasteiger partial charge in [-0.1, -0.05) is 18.1 Å². The highest BCUT2D eigenvalue weighted by Gasteiger charge is 2.32. The minimum absolute atomic E-state index is 0.213. The van der Waals surface area contributed by atoms with Crippen molar-refractivity contribution in [1.29, 1.82) is 0 Å². The molecule has 3 rings (SSSR count). The fourth-order valence-corrected chi connectivity index (χ4v) is 4.50. The molecule has 0 aliphatic carbocycles. The standard InChI is InChI=1S/C21H29N6O5P/c1-14(2)31-21(28)16(4)26-33(29,32-17-8-6-5-7-9-17)13-30-15(3)10-27-12-25-18-19(22)23-11-24-20(18)27/h5-9,11-12,14-16H,10,13H2,1-4H3,(H,26,29)(H2,22,23,24)/t15-,16+,33?/m1/s1/i5D,6D,7D,8D,9D. The van der Waals surface area contributed by atoms with Crippen LogP contribution in [0, 0.1) is 0 Å². The van der Waals surface area contributed by atoms with Gasteiger partial charge in [0.25, 0.3) is 0 Å². The minimum Gasteiger partial charge on any atom is -0.462 e. The number of hydrogen-bond acceptors (Lipinski definition) is 9. The number of nitrogens with one attached hydrogen (secondary N) is 1. The van der Waals surface area contributed by atoms with Crippen molar-refractivity contribution >= 4 is 30.5 Å². The molecule has 2 heterocycles. The molecule has 0 saturated heterocycles. The highest BCUT2D eigenvalue weighted by atomic mass is 31.2. The maximum Gasteiger partial charge on any atom is 0.342 e. The first-order chi connectivity index (χ1) is 17.7. The molecule has 1 unspecified atom stereocenters. The highest BCUT2D eigenvalue weighted by Crippen LogP contribution is 2.44. The predicted octanol–water partition coefficient (Wildman–Crippen LogP) is 2.97. The minimum atomic E-state index is -4.21. The fraction of sp³-hybridized carbons (Fsp3) is 0.429. The first kappa shape index (κ1) is 18.4. The van der Waals surface area contributed by atoms with E-state index in [1.54, 1.807) is 25.3 Å². The number of aromatic nitrogens is 4. The number of esters is 1. The zero-order chi connectivity index (χ0) is 28.4. The Morgan fingerprint density at radius 2 is 1.94 bits per heavy atom. The van der Waals surface area contributed by atoms with E-state index in [2.05, 4.69) is 20.0 Å². The molecule has 12 heteroatoms. The number of carbonyl (C=O) groups is 1. The van der Waals surface area contributed by atoms with Crippen molar-refractivity contribution < 1.29 is 30.2 Å². The third-order valence-electron chi connectivity index (χ3n) is 4.22. The number of hydrogen-bond donors (Lipinski definition) is 2. The van der Waals surface area contributed by atoms with E-state index < -0.39 is 74.0 Å². The summed E-state index contributed by atoms with van der Waals surface area (Å²) in [5.74, 6) is -1.15.